The molecule has 6 nitrogen and oxygen atoms in total. The molecular weight excluding hydrogens is 292 g/mol. The summed E-state index contributed by atoms with van der Waals surface area (Å²) < 4.78 is 5.06. The minimum absolute atomic E-state index is 0.0555. The van der Waals surface area contributed by atoms with Gasteiger partial charge in [-0.1, -0.05) is 11.2 Å². The fourth-order valence-electron chi connectivity index (χ4n) is 3.31. The molecule has 2 aromatic rings. The standard InChI is InChI=1S/C17H22N4O2/c1-12-9-14(19-23-12)17(22)21-8-6-15(20(2)3)16(21)10-13-5-4-7-18-11-13/h4-5,7,9,11,15-16H,6,8,10H2,1-3H3/t15-,16+/m1/s1. The molecule has 23 heavy (non-hydrogen) atoms. The summed E-state index contributed by atoms with van der Waals surface area (Å²) in [5, 5.41) is 3.88. The maximum atomic E-state index is 12.8. The molecule has 0 aromatic carbocycles. The normalized spacial score (nSPS) is 21.1. The number of hydrogen-bond acceptors (Lipinski definition) is 5. The number of amides is 1. The van der Waals surface area contributed by atoms with Crippen LogP contribution in [-0.2, 0) is 6.42 Å². The van der Waals surface area contributed by atoms with E-state index >= 15 is 0 Å². The van der Waals surface area contributed by atoms with Crippen LogP contribution in [0.1, 0.15) is 28.2 Å². The first-order chi connectivity index (χ1) is 11.1. The summed E-state index contributed by atoms with van der Waals surface area (Å²) in [5.41, 5.74) is 1.53. The van der Waals surface area contributed by atoms with Crippen molar-refractivity contribution in [1.82, 2.24) is 19.9 Å². The number of hydrogen-bond donors (Lipinski definition) is 0. The van der Waals surface area contributed by atoms with Crippen molar-refractivity contribution < 1.29 is 9.32 Å². The van der Waals surface area contributed by atoms with Gasteiger partial charge in [0, 0.05) is 31.0 Å². The number of nitrogens with zero attached hydrogens (tertiary/aromatic N) is 4. The van der Waals surface area contributed by atoms with E-state index in [4.69, 9.17) is 4.52 Å². The summed E-state index contributed by atoms with van der Waals surface area (Å²) in [6.07, 6.45) is 5.39. The van der Waals surface area contributed by atoms with E-state index in [9.17, 15) is 4.79 Å². The molecule has 122 valence electrons. The summed E-state index contributed by atoms with van der Waals surface area (Å²) >= 11 is 0. The molecule has 3 rings (SSSR count). The highest BCUT2D eigenvalue weighted by molar-refractivity contribution is 5.92. The monoisotopic (exact) mass is 314 g/mol. The zero-order valence-corrected chi connectivity index (χ0v) is 13.8. The maximum absolute atomic E-state index is 12.8. The molecule has 1 aliphatic heterocycles. The van der Waals surface area contributed by atoms with Gasteiger partial charge >= 0.3 is 0 Å². The second-order valence-corrected chi connectivity index (χ2v) is 6.27. The third-order valence-corrected chi connectivity index (χ3v) is 4.45. The molecule has 0 radical (unpaired) electrons. The highest BCUT2D eigenvalue weighted by Crippen LogP contribution is 2.26. The van der Waals surface area contributed by atoms with E-state index in [1.165, 1.54) is 0 Å². The lowest BCUT2D eigenvalue weighted by atomic mass is 10.0. The number of carbonyl (C=O) groups is 1. The fraction of sp³-hybridized carbons (Fsp3) is 0.471. The molecule has 2 atom stereocenters. The number of aryl methyl sites for hydroxylation is 1. The van der Waals surface area contributed by atoms with E-state index in [-0.39, 0.29) is 11.9 Å². The summed E-state index contributed by atoms with van der Waals surface area (Å²) in [4.78, 5) is 21.1. The van der Waals surface area contributed by atoms with Crippen LogP contribution in [0.2, 0.25) is 0 Å². The molecule has 1 aliphatic rings. The number of likely N-dealkylation sites (N-methyl/N-ethyl adjacent to an activating group) is 1. The van der Waals surface area contributed by atoms with Crippen LogP contribution < -0.4 is 0 Å². The summed E-state index contributed by atoms with van der Waals surface area (Å²) in [6, 6.07) is 6.13. The Bertz CT molecular complexity index is 668. The Morgan fingerprint density at radius 3 is 2.91 bits per heavy atom. The van der Waals surface area contributed by atoms with Crippen molar-refractivity contribution >= 4 is 5.91 Å². The highest BCUT2D eigenvalue weighted by Gasteiger charge is 2.39. The van der Waals surface area contributed by atoms with Crippen LogP contribution in [0.25, 0.3) is 0 Å². The van der Waals surface area contributed by atoms with E-state index in [0.717, 1.165) is 24.9 Å². The molecule has 0 N–H and O–H groups in total. The number of carbonyl (C=O) groups excluding carboxylic acids is 1. The van der Waals surface area contributed by atoms with Crippen molar-refractivity contribution in [3.63, 3.8) is 0 Å². The Hall–Kier alpha value is -2.21. The molecule has 0 spiro atoms. The number of likely N-dealkylation sites (tertiary alicyclic amines) is 1. The van der Waals surface area contributed by atoms with Crippen LogP contribution in [0.15, 0.2) is 35.1 Å². The Labute approximate surface area is 136 Å². The van der Waals surface area contributed by atoms with Crippen molar-refractivity contribution in [1.29, 1.82) is 0 Å². The molecule has 1 fully saturated rings. The van der Waals surface area contributed by atoms with Gasteiger partial charge in [-0.05, 0) is 45.5 Å². The molecule has 2 aromatic heterocycles. The SMILES string of the molecule is Cc1cc(C(=O)N2CC[C@@H](N(C)C)[C@@H]2Cc2cccnc2)no1. The third-order valence-electron chi connectivity index (χ3n) is 4.45. The molecule has 0 bridgehead atoms. The van der Waals surface area contributed by atoms with E-state index in [0.29, 0.717) is 17.5 Å². The smallest absolute Gasteiger partial charge is 0.276 e. The zero-order valence-electron chi connectivity index (χ0n) is 13.8. The Morgan fingerprint density at radius 1 is 1.48 bits per heavy atom. The Kier molecular flexibility index (Phi) is 4.43. The lowest BCUT2D eigenvalue weighted by Crippen LogP contribution is -2.45. The van der Waals surface area contributed by atoms with Crippen molar-refractivity contribution in [3.05, 3.63) is 47.6 Å². The van der Waals surface area contributed by atoms with Crippen LogP contribution in [0.3, 0.4) is 0 Å². The molecule has 1 amide bonds. The number of rotatable bonds is 4. The fourth-order valence-corrected chi connectivity index (χ4v) is 3.31. The summed E-state index contributed by atoms with van der Waals surface area (Å²) in [7, 11) is 4.13. The third kappa shape index (κ3) is 3.27. The van der Waals surface area contributed by atoms with Gasteiger partial charge in [-0.15, -0.1) is 0 Å². The minimum Gasteiger partial charge on any atom is -0.361 e. The Balaban J connectivity index is 1.84. The quantitative estimate of drug-likeness (QED) is 0.860. The van der Waals surface area contributed by atoms with Crippen molar-refractivity contribution in [3.8, 4) is 0 Å². The molecule has 1 saturated heterocycles. The van der Waals surface area contributed by atoms with Gasteiger partial charge in [0.1, 0.15) is 5.76 Å². The largest absolute Gasteiger partial charge is 0.361 e. The van der Waals surface area contributed by atoms with Crippen LogP contribution in [-0.4, -0.2) is 58.6 Å². The van der Waals surface area contributed by atoms with Gasteiger partial charge in [-0.25, -0.2) is 0 Å². The van der Waals surface area contributed by atoms with Gasteiger partial charge in [0.15, 0.2) is 5.69 Å². The van der Waals surface area contributed by atoms with Gasteiger partial charge in [-0.3, -0.25) is 9.78 Å². The molecule has 3 heterocycles. The van der Waals surface area contributed by atoms with E-state index in [2.05, 4.69) is 35.2 Å². The summed E-state index contributed by atoms with van der Waals surface area (Å²) in [5.74, 6) is 0.598. The van der Waals surface area contributed by atoms with Crippen molar-refractivity contribution in [2.24, 2.45) is 0 Å². The highest BCUT2D eigenvalue weighted by atomic mass is 16.5. The second-order valence-electron chi connectivity index (χ2n) is 6.27. The van der Waals surface area contributed by atoms with Gasteiger partial charge in [0.2, 0.25) is 0 Å². The molecule has 0 aliphatic carbocycles. The molecular formula is C17H22N4O2. The van der Waals surface area contributed by atoms with Crippen LogP contribution in [0.5, 0.6) is 0 Å². The van der Waals surface area contributed by atoms with E-state index in [1.54, 1.807) is 19.2 Å². The number of aromatic nitrogens is 2. The lowest BCUT2D eigenvalue weighted by molar-refractivity contribution is 0.0694. The van der Waals surface area contributed by atoms with Gasteiger partial charge < -0.3 is 14.3 Å². The predicted molar refractivity (Wildman–Crippen MR) is 86.1 cm³/mol. The molecule has 0 unspecified atom stereocenters. The number of pyridine rings is 1. The first-order valence-electron chi connectivity index (χ1n) is 7.86. The van der Waals surface area contributed by atoms with Gasteiger partial charge in [0.25, 0.3) is 5.91 Å². The maximum Gasteiger partial charge on any atom is 0.276 e. The zero-order chi connectivity index (χ0) is 16.4. The first-order valence-corrected chi connectivity index (χ1v) is 7.86. The predicted octanol–water partition coefficient (Wildman–Crippen LogP) is 1.77. The van der Waals surface area contributed by atoms with Gasteiger partial charge in [0.05, 0.1) is 6.04 Å². The lowest BCUT2D eigenvalue weighted by Gasteiger charge is -2.31. The average Bonchev–Trinajstić information content (AvgIpc) is 3.14. The Morgan fingerprint density at radius 2 is 2.30 bits per heavy atom. The molecule has 0 saturated carbocycles. The van der Waals surface area contributed by atoms with Crippen LogP contribution in [0.4, 0.5) is 0 Å². The topological polar surface area (TPSA) is 62.5 Å². The summed E-state index contributed by atoms with van der Waals surface area (Å²) in [6.45, 7) is 2.53. The first kappa shape index (κ1) is 15.7. The van der Waals surface area contributed by atoms with Crippen LogP contribution in [0, 0.1) is 6.92 Å². The van der Waals surface area contributed by atoms with Crippen molar-refractivity contribution in [2.45, 2.75) is 31.8 Å². The van der Waals surface area contributed by atoms with Gasteiger partial charge in [-0.2, -0.15) is 0 Å². The minimum atomic E-state index is -0.0555. The molecule has 6 heteroatoms. The van der Waals surface area contributed by atoms with E-state index < -0.39 is 0 Å². The second kappa shape index (κ2) is 6.50. The van der Waals surface area contributed by atoms with Crippen LogP contribution >= 0.6 is 0 Å². The van der Waals surface area contributed by atoms with Crippen molar-refractivity contribution in [2.75, 3.05) is 20.6 Å². The average molecular weight is 314 g/mol. The van der Waals surface area contributed by atoms with E-state index in [1.807, 2.05) is 17.2 Å².